The lowest BCUT2D eigenvalue weighted by molar-refractivity contribution is -0.141. The van der Waals surface area contributed by atoms with E-state index in [9.17, 15) is 9.59 Å². The molecule has 1 amide bonds. The van der Waals surface area contributed by atoms with Crippen molar-refractivity contribution < 1.29 is 19.4 Å². The summed E-state index contributed by atoms with van der Waals surface area (Å²) >= 11 is 0. The number of ether oxygens (including phenoxy) is 1. The Morgan fingerprint density at radius 3 is 2.46 bits per heavy atom. The minimum Gasteiger partial charge on any atom is -0.480 e. The first kappa shape index (κ1) is 17.5. The molecule has 2 rings (SSSR count). The number of carbonyl (C=O) groups excluding carboxylic acids is 1. The second kappa shape index (κ2) is 8.72. The quantitative estimate of drug-likeness (QED) is 0.779. The Labute approximate surface area is 141 Å². The largest absolute Gasteiger partial charge is 0.480 e. The van der Waals surface area contributed by atoms with Gasteiger partial charge in [-0.25, -0.2) is 4.79 Å². The Bertz CT molecular complexity index is 685. The fourth-order valence-corrected chi connectivity index (χ4v) is 2.32. The van der Waals surface area contributed by atoms with Gasteiger partial charge in [-0.3, -0.25) is 4.79 Å². The highest BCUT2D eigenvalue weighted by atomic mass is 16.5. The predicted octanol–water partition coefficient (Wildman–Crippen LogP) is 3.39. The monoisotopic (exact) mass is 327 g/mol. The lowest BCUT2D eigenvalue weighted by Crippen LogP contribution is -2.41. The average molecular weight is 327 g/mol. The molecule has 0 radical (unpaired) electrons. The number of hydrogen-bond donors (Lipinski definition) is 2. The van der Waals surface area contributed by atoms with Crippen molar-refractivity contribution in [3.8, 4) is 11.5 Å². The lowest BCUT2D eigenvalue weighted by Gasteiger charge is -2.13. The van der Waals surface area contributed by atoms with Crippen LogP contribution in [0.3, 0.4) is 0 Å². The number of carbonyl (C=O) groups is 2. The Hall–Kier alpha value is -2.82. The molecule has 0 aliphatic heterocycles. The number of nitrogens with one attached hydrogen (secondary N) is 1. The molecule has 0 aliphatic carbocycles. The van der Waals surface area contributed by atoms with Crippen LogP contribution in [0.15, 0.2) is 54.6 Å². The summed E-state index contributed by atoms with van der Waals surface area (Å²) in [5.74, 6) is 0.0295. The molecule has 0 saturated heterocycles. The Morgan fingerprint density at radius 1 is 1.08 bits per heavy atom. The number of rotatable bonds is 8. The number of benzene rings is 2. The highest BCUT2D eigenvalue weighted by Crippen LogP contribution is 2.22. The van der Waals surface area contributed by atoms with Gasteiger partial charge in [0.1, 0.15) is 17.5 Å². The van der Waals surface area contributed by atoms with Crippen LogP contribution in [-0.2, 0) is 16.0 Å². The molecule has 1 unspecified atom stereocenters. The SMILES string of the molecule is CCCC(NC(=O)Cc1cccc(Oc2ccccc2)c1)C(=O)O. The fourth-order valence-electron chi connectivity index (χ4n) is 2.32. The molecular weight excluding hydrogens is 306 g/mol. The molecule has 5 nitrogen and oxygen atoms in total. The molecule has 0 spiro atoms. The predicted molar refractivity (Wildman–Crippen MR) is 91.1 cm³/mol. The van der Waals surface area contributed by atoms with Gasteiger partial charge in [0.2, 0.25) is 5.91 Å². The molecule has 2 aromatic carbocycles. The lowest BCUT2D eigenvalue weighted by atomic mass is 10.1. The molecule has 126 valence electrons. The number of para-hydroxylation sites is 1. The van der Waals surface area contributed by atoms with Crippen molar-refractivity contribution in [2.24, 2.45) is 0 Å². The normalized spacial score (nSPS) is 11.5. The van der Waals surface area contributed by atoms with Crippen LogP contribution in [0.4, 0.5) is 0 Å². The highest BCUT2D eigenvalue weighted by Gasteiger charge is 2.18. The number of aliphatic carboxylic acids is 1. The van der Waals surface area contributed by atoms with Crippen molar-refractivity contribution in [3.05, 3.63) is 60.2 Å². The van der Waals surface area contributed by atoms with Crippen molar-refractivity contribution in [1.82, 2.24) is 5.32 Å². The van der Waals surface area contributed by atoms with Crippen molar-refractivity contribution in [3.63, 3.8) is 0 Å². The van der Waals surface area contributed by atoms with Crippen LogP contribution in [0.5, 0.6) is 11.5 Å². The summed E-state index contributed by atoms with van der Waals surface area (Å²) in [4.78, 5) is 23.2. The maximum Gasteiger partial charge on any atom is 0.326 e. The maximum absolute atomic E-state index is 12.1. The van der Waals surface area contributed by atoms with E-state index in [1.165, 1.54) is 0 Å². The summed E-state index contributed by atoms with van der Waals surface area (Å²) in [6.07, 6.45) is 1.22. The van der Waals surface area contributed by atoms with Gasteiger partial charge in [-0.1, -0.05) is 43.7 Å². The molecule has 0 heterocycles. The Morgan fingerprint density at radius 2 is 1.79 bits per heavy atom. The Balaban J connectivity index is 1.98. The first-order valence-corrected chi connectivity index (χ1v) is 7.92. The van der Waals surface area contributed by atoms with Gasteiger partial charge >= 0.3 is 5.97 Å². The second-order valence-corrected chi connectivity index (χ2v) is 5.49. The van der Waals surface area contributed by atoms with E-state index in [1.807, 2.05) is 55.5 Å². The summed E-state index contributed by atoms with van der Waals surface area (Å²) in [5, 5.41) is 11.6. The van der Waals surface area contributed by atoms with Gasteiger partial charge in [-0.05, 0) is 36.2 Å². The first-order valence-electron chi connectivity index (χ1n) is 7.92. The van der Waals surface area contributed by atoms with E-state index < -0.39 is 12.0 Å². The topological polar surface area (TPSA) is 75.6 Å². The Kier molecular flexibility index (Phi) is 6.37. The maximum atomic E-state index is 12.1. The second-order valence-electron chi connectivity index (χ2n) is 5.49. The third-order valence-electron chi connectivity index (χ3n) is 3.45. The van der Waals surface area contributed by atoms with Crippen molar-refractivity contribution in [2.75, 3.05) is 0 Å². The van der Waals surface area contributed by atoms with Gasteiger partial charge in [-0.2, -0.15) is 0 Å². The van der Waals surface area contributed by atoms with Gasteiger partial charge in [0, 0.05) is 0 Å². The van der Waals surface area contributed by atoms with Gasteiger partial charge in [0.05, 0.1) is 6.42 Å². The summed E-state index contributed by atoms with van der Waals surface area (Å²) in [5.41, 5.74) is 0.765. The summed E-state index contributed by atoms with van der Waals surface area (Å²) in [7, 11) is 0. The minimum absolute atomic E-state index is 0.111. The molecule has 0 aliphatic rings. The molecule has 1 atom stereocenters. The number of amides is 1. The van der Waals surface area contributed by atoms with E-state index >= 15 is 0 Å². The fraction of sp³-hybridized carbons (Fsp3) is 0.263. The van der Waals surface area contributed by atoms with E-state index in [-0.39, 0.29) is 12.3 Å². The standard InChI is InChI=1S/C19H21NO4/c1-2-7-17(19(22)23)20-18(21)13-14-8-6-11-16(12-14)24-15-9-4-3-5-10-15/h3-6,8-12,17H,2,7,13H2,1H3,(H,20,21)(H,22,23). The van der Waals surface area contributed by atoms with Crippen molar-refractivity contribution in [1.29, 1.82) is 0 Å². The van der Waals surface area contributed by atoms with Crippen LogP contribution in [0, 0.1) is 0 Å². The highest BCUT2D eigenvalue weighted by molar-refractivity contribution is 5.84. The molecular formula is C19H21NO4. The average Bonchev–Trinajstić information content (AvgIpc) is 2.55. The third-order valence-corrected chi connectivity index (χ3v) is 3.45. The number of carboxylic acid groups (broad SMARTS) is 1. The minimum atomic E-state index is -1.01. The van der Waals surface area contributed by atoms with E-state index in [0.717, 1.165) is 5.56 Å². The van der Waals surface area contributed by atoms with Gasteiger partial charge in [-0.15, -0.1) is 0 Å². The van der Waals surface area contributed by atoms with E-state index in [4.69, 9.17) is 9.84 Å². The smallest absolute Gasteiger partial charge is 0.326 e. The van der Waals surface area contributed by atoms with Crippen LogP contribution in [-0.4, -0.2) is 23.0 Å². The van der Waals surface area contributed by atoms with Gasteiger partial charge < -0.3 is 15.2 Å². The zero-order valence-corrected chi connectivity index (χ0v) is 13.6. The van der Waals surface area contributed by atoms with Crippen LogP contribution < -0.4 is 10.1 Å². The van der Waals surface area contributed by atoms with Crippen LogP contribution in [0.2, 0.25) is 0 Å². The zero-order chi connectivity index (χ0) is 17.4. The zero-order valence-electron chi connectivity index (χ0n) is 13.6. The number of hydrogen-bond acceptors (Lipinski definition) is 3. The molecule has 2 aromatic rings. The van der Waals surface area contributed by atoms with Crippen molar-refractivity contribution in [2.45, 2.75) is 32.2 Å². The molecule has 24 heavy (non-hydrogen) atoms. The first-order chi connectivity index (χ1) is 11.6. The molecule has 0 fully saturated rings. The molecule has 0 aromatic heterocycles. The summed E-state index contributed by atoms with van der Waals surface area (Å²) < 4.78 is 5.73. The van der Waals surface area contributed by atoms with Crippen LogP contribution >= 0.6 is 0 Å². The number of carboxylic acids is 1. The molecule has 5 heteroatoms. The summed E-state index contributed by atoms with van der Waals surface area (Å²) in [6.45, 7) is 1.88. The van der Waals surface area contributed by atoms with E-state index in [1.54, 1.807) is 6.07 Å². The molecule has 0 saturated carbocycles. The van der Waals surface area contributed by atoms with Crippen LogP contribution in [0.1, 0.15) is 25.3 Å². The van der Waals surface area contributed by atoms with Gasteiger partial charge in [0.15, 0.2) is 0 Å². The summed E-state index contributed by atoms with van der Waals surface area (Å²) in [6, 6.07) is 15.7. The molecule has 0 bridgehead atoms. The van der Waals surface area contributed by atoms with Crippen molar-refractivity contribution >= 4 is 11.9 Å². The van der Waals surface area contributed by atoms with Gasteiger partial charge in [0.25, 0.3) is 0 Å². The van der Waals surface area contributed by atoms with E-state index in [2.05, 4.69) is 5.32 Å². The van der Waals surface area contributed by atoms with Crippen LogP contribution in [0.25, 0.3) is 0 Å². The third kappa shape index (κ3) is 5.43. The van der Waals surface area contributed by atoms with E-state index in [0.29, 0.717) is 24.3 Å². The molecule has 2 N–H and O–H groups in total.